The summed E-state index contributed by atoms with van der Waals surface area (Å²) < 4.78 is 34.1. The van der Waals surface area contributed by atoms with Crippen molar-refractivity contribution >= 4 is 58.9 Å². The number of Topliss-reactive ketones (excluding diaryl/α,β-unsaturated/α-hetero) is 2. The monoisotopic (exact) mass is 1060 g/mol. The minimum absolute atomic E-state index is 0.0816. The molecule has 0 aromatic heterocycles. The number of aryl methyl sites for hydroxylation is 1. The maximum atomic E-state index is 14.4. The van der Waals surface area contributed by atoms with Gasteiger partial charge in [0.1, 0.15) is 25.6 Å². The van der Waals surface area contributed by atoms with E-state index in [0.29, 0.717) is 16.9 Å². The van der Waals surface area contributed by atoms with Crippen molar-refractivity contribution < 1.29 is 81.8 Å². The van der Waals surface area contributed by atoms with Gasteiger partial charge in [0, 0.05) is 70.3 Å². The summed E-state index contributed by atoms with van der Waals surface area (Å²) in [6, 6.07) is 19.6. The predicted molar refractivity (Wildman–Crippen MR) is 277 cm³/mol. The molecule has 414 valence electrons. The van der Waals surface area contributed by atoms with E-state index in [1.807, 2.05) is 39.8 Å². The Labute approximate surface area is 443 Å². The average molecular weight is 1060 g/mol. The summed E-state index contributed by atoms with van der Waals surface area (Å²) in [4.78, 5) is 124. The van der Waals surface area contributed by atoms with E-state index in [-0.39, 0.29) is 56.4 Å². The van der Waals surface area contributed by atoms with E-state index in [2.05, 4.69) is 5.32 Å². The van der Waals surface area contributed by atoms with Crippen molar-refractivity contribution in [1.29, 1.82) is 0 Å². The Morgan fingerprint density at radius 1 is 0.671 bits per heavy atom. The number of esters is 2. The summed E-state index contributed by atoms with van der Waals surface area (Å²) in [6.45, 7) is 7.59. The molecule has 76 heavy (non-hydrogen) atoms. The predicted octanol–water partition coefficient (Wildman–Crippen LogP) is 5.56. The molecule has 1 saturated heterocycles. The van der Waals surface area contributed by atoms with Crippen LogP contribution in [0.1, 0.15) is 90.0 Å². The summed E-state index contributed by atoms with van der Waals surface area (Å²) in [7, 11) is 7.34. The van der Waals surface area contributed by atoms with Crippen LogP contribution in [0.5, 0.6) is 5.75 Å². The van der Waals surface area contributed by atoms with Gasteiger partial charge in [0.2, 0.25) is 11.8 Å². The molecule has 3 aromatic rings. The lowest BCUT2D eigenvalue weighted by Crippen LogP contribution is -2.48. The largest absolute Gasteiger partial charge is 0.490 e. The third-order valence-corrected chi connectivity index (χ3v) is 13.6. The number of carbonyl (C=O) groups is 9. The molecule has 1 heterocycles. The molecule has 3 aromatic carbocycles. The van der Waals surface area contributed by atoms with Crippen molar-refractivity contribution in [3.05, 3.63) is 95.1 Å². The van der Waals surface area contributed by atoms with E-state index in [0.717, 1.165) is 23.3 Å². The first kappa shape index (κ1) is 61.5. The number of ether oxygens (including phenoxy) is 6. The number of hydrogen-bond acceptors (Lipinski definition) is 16. The number of likely N-dealkylation sites (tertiary alicyclic amines) is 1. The van der Waals surface area contributed by atoms with Crippen molar-refractivity contribution in [3.63, 3.8) is 0 Å². The number of nitrogens with one attached hydrogen (secondary N) is 1. The van der Waals surface area contributed by atoms with Gasteiger partial charge in [0.15, 0.2) is 11.6 Å². The van der Waals surface area contributed by atoms with Crippen LogP contribution in [0.3, 0.4) is 0 Å². The highest BCUT2D eigenvalue weighted by molar-refractivity contribution is 6.13. The second kappa shape index (κ2) is 29.3. The third-order valence-electron chi connectivity index (χ3n) is 13.6. The van der Waals surface area contributed by atoms with Crippen LogP contribution in [-0.2, 0) is 52.5 Å². The number of methoxy groups -OCH3 is 3. The molecular formula is C56H73N3O17. The van der Waals surface area contributed by atoms with Crippen LogP contribution in [0.4, 0.5) is 5.69 Å². The van der Waals surface area contributed by atoms with Crippen molar-refractivity contribution in [2.75, 3.05) is 73.2 Å². The number of hydrogen-bond donors (Lipinski definition) is 3. The van der Waals surface area contributed by atoms with E-state index in [9.17, 15) is 53.4 Å². The van der Waals surface area contributed by atoms with Crippen LogP contribution < -0.4 is 15.0 Å². The molecule has 3 amide bonds. The SMILES string of the molecule is CCC(OC)C(C(=O)OCCOc1ccc(C(=O)CC(=O)c2ccc(C)cc2)cc1)C(CC(OC)C(C(=O)OCCNC(=O)c1ccc(N(C)C)cc1)C(CC(OC)C1C(=O)N(CC(C)C)C(=O)C1C)C(=O)O)C(=O)O. The zero-order valence-corrected chi connectivity index (χ0v) is 45.0. The fourth-order valence-electron chi connectivity index (χ4n) is 9.38. The number of anilines is 1. The zero-order valence-electron chi connectivity index (χ0n) is 45.0. The molecule has 9 atom stereocenters. The number of aliphatic carboxylic acids is 2. The van der Waals surface area contributed by atoms with E-state index in [4.69, 9.17) is 28.4 Å². The first-order valence-corrected chi connectivity index (χ1v) is 25.2. The van der Waals surface area contributed by atoms with E-state index in [1.54, 1.807) is 55.5 Å². The summed E-state index contributed by atoms with van der Waals surface area (Å²) >= 11 is 0. The quantitative estimate of drug-likeness (QED) is 0.0227. The number of carboxylic acid groups (broad SMARTS) is 2. The van der Waals surface area contributed by atoms with Crippen LogP contribution in [0, 0.1) is 48.3 Å². The number of benzene rings is 3. The summed E-state index contributed by atoms with van der Waals surface area (Å²) in [6.07, 6.45) is -5.34. The van der Waals surface area contributed by atoms with Crippen LogP contribution >= 0.6 is 0 Å². The molecule has 1 aliphatic rings. The third kappa shape index (κ3) is 16.5. The minimum atomic E-state index is -1.83. The maximum absolute atomic E-state index is 14.4. The van der Waals surface area contributed by atoms with Gasteiger partial charge in [-0.15, -0.1) is 0 Å². The number of carboxylic acids is 2. The topological polar surface area (TPSA) is 268 Å². The molecule has 0 spiro atoms. The molecule has 9 unspecified atom stereocenters. The van der Waals surface area contributed by atoms with Gasteiger partial charge in [0.05, 0.1) is 60.9 Å². The van der Waals surface area contributed by atoms with Gasteiger partial charge in [0.25, 0.3) is 5.91 Å². The molecule has 20 heteroatoms. The molecule has 3 N–H and O–H groups in total. The Kier molecular flexibility index (Phi) is 23.7. The van der Waals surface area contributed by atoms with Gasteiger partial charge in [-0.1, -0.05) is 57.5 Å². The van der Waals surface area contributed by atoms with Crippen molar-refractivity contribution in [3.8, 4) is 5.75 Å². The Bertz CT molecular complexity index is 2470. The fourth-order valence-corrected chi connectivity index (χ4v) is 9.38. The number of rotatable bonds is 32. The average Bonchev–Trinajstić information content (AvgIpc) is 3.59. The number of amides is 3. The second-order valence-electron chi connectivity index (χ2n) is 19.4. The Hall–Kier alpha value is -7.03. The lowest BCUT2D eigenvalue weighted by Gasteiger charge is -2.35. The van der Waals surface area contributed by atoms with Crippen molar-refractivity contribution in [2.45, 2.75) is 78.6 Å². The first-order valence-electron chi connectivity index (χ1n) is 25.2. The molecule has 20 nitrogen and oxygen atoms in total. The molecule has 0 bridgehead atoms. The lowest BCUT2D eigenvalue weighted by atomic mass is 9.75. The second-order valence-corrected chi connectivity index (χ2v) is 19.4. The van der Waals surface area contributed by atoms with E-state index >= 15 is 0 Å². The van der Waals surface area contributed by atoms with Crippen LogP contribution in [-0.4, -0.2) is 155 Å². The van der Waals surface area contributed by atoms with Crippen LogP contribution in [0.25, 0.3) is 0 Å². The zero-order chi connectivity index (χ0) is 56.4. The van der Waals surface area contributed by atoms with Crippen LogP contribution in [0.2, 0.25) is 0 Å². The highest BCUT2D eigenvalue weighted by atomic mass is 16.6. The normalized spacial score (nSPS) is 17.2. The van der Waals surface area contributed by atoms with Gasteiger partial charge in [-0.3, -0.25) is 48.1 Å². The molecule has 4 rings (SSSR count). The van der Waals surface area contributed by atoms with E-state index < -0.39 is 121 Å². The van der Waals surface area contributed by atoms with E-state index in [1.165, 1.54) is 45.4 Å². The molecule has 1 aliphatic heterocycles. The number of imide groups is 1. The van der Waals surface area contributed by atoms with Gasteiger partial charge in [-0.05, 0) is 80.6 Å². The fraction of sp³-hybridized carbons (Fsp3) is 0.518. The number of ketones is 2. The minimum Gasteiger partial charge on any atom is -0.490 e. The summed E-state index contributed by atoms with van der Waals surface area (Å²) in [5, 5.41) is 24.4. The molecular weight excluding hydrogens is 987 g/mol. The lowest BCUT2D eigenvalue weighted by molar-refractivity contribution is -0.172. The van der Waals surface area contributed by atoms with Gasteiger partial charge >= 0.3 is 23.9 Å². The number of carbonyl (C=O) groups excluding carboxylic acids is 7. The Morgan fingerprint density at radius 2 is 1.18 bits per heavy atom. The molecule has 0 aliphatic carbocycles. The molecule has 0 radical (unpaired) electrons. The molecule has 0 saturated carbocycles. The standard InChI is InChI=1S/C56H73N3O17/c1-11-44(71-8)48(55(69)76-27-26-74-39-22-18-36(19-23-39)43(61)30-42(60)35-14-12-33(4)13-15-35)40(53(65)66)29-46(73-10)49(56(70)75-25-24-57-50(62)37-16-20-38(21-17-37)58(6)7)41(54(67)68)28-45(72-9)47-34(5)51(63)59(52(47)64)31-32(2)3/h12-23,32,34,40-41,44-49H,11,24-31H2,1-10H3,(H,57,62)(H,65,66)(H,67,68). The van der Waals surface area contributed by atoms with Crippen molar-refractivity contribution in [1.82, 2.24) is 10.2 Å². The Morgan fingerprint density at radius 3 is 1.68 bits per heavy atom. The van der Waals surface area contributed by atoms with Gasteiger partial charge in [-0.25, -0.2) is 0 Å². The highest BCUT2D eigenvalue weighted by Crippen LogP contribution is 2.38. The highest BCUT2D eigenvalue weighted by Gasteiger charge is 2.53. The van der Waals surface area contributed by atoms with Gasteiger partial charge in [-0.2, -0.15) is 0 Å². The number of nitrogens with zero attached hydrogens (tertiary/aromatic N) is 2. The Balaban J connectivity index is 1.57. The smallest absolute Gasteiger partial charge is 0.312 e. The maximum Gasteiger partial charge on any atom is 0.312 e. The van der Waals surface area contributed by atoms with Gasteiger partial charge < -0.3 is 48.9 Å². The van der Waals surface area contributed by atoms with Crippen molar-refractivity contribution in [2.24, 2.45) is 41.4 Å². The first-order chi connectivity index (χ1) is 36.1. The molecule has 1 fully saturated rings. The summed E-state index contributed by atoms with van der Waals surface area (Å²) in [5.41, 5.74) is 2.85. The summed E-state index contributed by atoms with van der Waals surface area (Å²) in [5.74, 6) is -16.3. The van der Waals surface area contributed by atoms with Crippen LogP contribution in [0.15, 0.2) is 72.8 Å².